The summed E-state index contributed by atoms with van der Waals surface area (Å²) in [5.41, 5.74) is -1.21. The molecule has 0 aliphatic carbocycles. The summed E-state index contributed by atoms with van der Waals surface area (Å²) in [5.74, 6) is -4.65. The van der Waals surface area contributed by atoms with Crippen LogP contribution in [0.25, 0.3) is 0 Å². The predicted molar refractivity (Wildman–Crippen MR) is 117 cm³/mol. The third kappa shape index (κ3) is 8.64. The fraction of sp³-hybridized carbons (Fsp3) is 0.333. The highest BCUT2D eigenvalue weighted by Crippen LogP contribution is 2.19. The molecule has 8 nitrogen and oxygen atoms in total. The van der Waals surface area contributed by atoms with Crippen molar-refractivity contribution >= 4 is 33.4 Å². The molecule has 0 unspecified atom stereocenters. The number of carbonyl (C=O) groups is 2. The average molecular weight is 488 g/mol. The molecule has 0 radical (unpaired) electrons. The Labute approximate surface area is 189 Å². The number of anilines is 2. The fourth-order valence-electron chi connectivity index (χ4n) is 2.52. The Hall–Kier alpha value is -3.28. The molecule has 3 N–H and O–H groups in total. The summed E-state index contributed by atoms with van der Waals surface area (Å²) in [6.45, 7) is 5.14. The van der Waals surface area contributed by atoms with E-state index >= 15 is 0 Å². The minimum Gasteiger partial charge on any atom is -0.450 e. The highest BCUT2D eigenvalue weighted by atomic mass is 32.2. The quantitative estimate of drug-likeness (QED) is 0.487. The van der Waals surface area contributed by atoms with Crippen molar-refractivity contribution in [3.05, 3.63) is 59.4 Å². The molecule has 0 fully saturated rings. The Balaban J connectivity index is 1.97. The summed E-state index contributed by atoms with van der Waals surface area (Å²) >= 11 is 0. The summed E-state index contributed by atoms with van der Waals surface area (Å²) in [6, 6.07) is 5.58. The van der Waals surface area contributed by atoms with Crippen LogP contribution in [-0.4, -0.2) is 38.3 Å². The van der Waals surface area contributed by atoms with Gasteiger partial charge >= 0.3 is 6.09 Å². The van der Waals surface area contributed by atoms with Gasteiger partial charge in [0.25, 0.3) is 5.91 Å². The summed E-state index contributed by atoms with van der Waals surface area (Å²) in [4.78, 5) is 23.9. The third-order valence-corrected chi connectivity index (χ3v) is 5.30. The van der Waals surface area contributed by atoms with Crippen molar-refractivity contribution in [2.24, 2.45) is 0 Å². The number of ether oxygens (including phenoxy) is 1. The van der Waals surface area contributed by atoms with Gasteiger partial charge in [-0.3, -0.25) is 9.52 Å². The Kier molecular flexibility index (Phi) is 8.31. The third-order valence-electron chi connectivity index (χ3n) is 3.93. The number of nitrogens with one attached hydrogen (secondary N) is 3. The van der Waals surface area contributed by atoms with Crippen LogP contribution in [0.5, 0.6) is 0 Å². The number of alkyl carbamates (subject to hydrolysis) is 1. The van der Waals surface area contributed by atoms with E-state index in [0.29, 0.717) is 0 Å². The number of amides is 2. The maximum Gasteiger partial charge on any atom is 0.407 e. The molecule has 0 aromatic heterocycles. The monoisotopic (exact) mass is 487 g/mol. The number of hydrogen-bond acceptors (Lipinski definition) is 5. The summed E-state index contributed by atoms with van der Waals surface area (Å²) < 4.78 is 72.1. The van der Waals surface area contributed by atoms with Crippen molar-refractivity contribution < 1.29 is 35.9 Å². The number of carbonyl (C=O) groups excluding carboxylic acids is 2. The molecular formula is C21H24F3N3O5S. The van der Waals surface area contributed by atoms with Gasteiger partial charge < -0.3 is 15.4 Å². The van der Waals surface area contributed by atoms with Crippen LogP contribution in [0, 0.1) is 17.5 Å². The smallest absolute Gasteiger partial charge is 0.407 e. The van der Waals surface area contributed by atoms with E-state index in [0.717, 1.165) is 36.4 Å². The van der Waals surface area contributed by atoms with Gasteiger partial charge in [-0.2, -0.15) is 0 Å². The molecule has 2 rings (SSSR count). The first-order valence-corrected chi connectivity index (χ1v) is 11.4. The molecule has 0 saturated heterocycles. The van der Waals surface area contributed by atoms with E-state index in [2.05, 4.69) is 15.4 Å². The second-order valence-corrected chi connectivity index (χ2v) is 9.90. The summed E-state index contributed by atoms with van der Waals surface area (Å²) in [5, 5.41) is 4.77. The van der Waals surface area contributed by atoms with E-state index in [1.165, 1.54) is 0 Å². The maximum absolute atomic E-state index is 14.1. The average Bonchev–Trinajstić information content (AvgIpc) is 2.68. The summed E-state index contributed by atoms with van der Waals surface area (Å²) in [7, 11) is -3.90. The Morgan fingerprint density at radius 2 is 1.58 bits per heavy atom. The van der Waals surface area contributed by atoms with Crippen LogP contribution in [0.3, 0.4) is 0 Å². The highest BCUT2D eigenvalue weighted by Gasteiger charge is 2.18. The molecule has 0 atom stereocenters. The highest BCUT2D eigenvalue weighted by molar-refractivity contribution is 7.92. The summed E-state index contributed by atoms with van der Waals surface area (Å²) in [6.07, 6.45) is -0.680. The van der Waals surface area contributed by atoms with Gasteiger partial charge in [-0.1, -0.05) is 0 Å². The Bertz CT molecular complexity index is 1130. The Morgan fingerprint density at radius 1 is 0.939 bits per heavy atom. The topological polar surface area (TPSA) is 114 Å². The van der Waals surface area contributed by atoms with Crippen LogP contribution in [0.1, 0.15) is 37.6 Å². The van der Waals surface area contributed by atoms with Crippen LogP contribution in [0.2, 0.25) is 0 Å². The van der Waals surface area contributed by atoms with Gasteiger partial charge in [0.05, 0.1) is 17.9 Å². The van der Waals surface area contributed by atoms with Crippen molar-refractivity contribution in [3.8, 4) is 0 Å². The van der Waals surface area contributed by atoms with Crippen molar-refractivity contribution in [2.45, 2.75) is 32.7 Å². The van der Waals surface area contributed by atoms with Crippen LogP contribution in [0.15, 0.2) is 36.4 Å². The molecule has 0 aliphatic heterocycles. The van der Waals surface area contributed by atoms with Gasteiger partial charge in [-0.15, -0.1) is 0 Å². The molecule has 0 heterocycles. The van der Waals surface area contributed by atoms with Crippen LogP contribution in [-0.2, 0) is 14.8 Å². The predicted octanol–water partition coefficient (Wildman–Crippen LogP) is 4.01. The van der Waals surface area contributed by atoms with Crippen LogP contribution in [0.4, 0.5) is 29.3 Å². The van der Waals surface area contributed by atoms with Crippen molar-refractivity contribution in [3.63, 3.8) is 0 Å². The maximum atomic E-state index is 14.1. The van der Waals surface area contributed by atoms with E-state index < -0.39 is 56.3 Å². The van der Waals surface area contributed by atoms with E-state index in [4.69, 9.17) is 4.74 Å². The molecule has 33 heavy (non-hydrogen) atoms. The molecule has 180 valence electrons. The zero-order valence-corrected chi connectivity index (χ0v) is 19.0. The first-order valence-electron chi connectivity index (χ1n) is 9.77. The lowest BCUT2D eigenvalue weighted by Gasteiger charge is -2.19. The zero-order chi connectivity index (χ0) is 24.8. The number of rotatable bonds is 8. The van der Waals surface area contributed by atoms with Gasteiger partial charge in [-0.05, 0) is 57.5 Å². The van der Waals surface area contributed by atoms with E-state index in [1.807, 2.05) is 0 Å². The number of benzene rings is 2. The molecular weight excluding hydrogens is 463 g/mol. The first-order chi connectivity index (χ1) is 15.3. The molecule has 0 bridgehead atoms. The Morgan fingerprint density at radius 3 is 2.21 bits per heavy atom. The van der Waals surface area contributed by atoms with Crippen LogP contribution < -0.4 is 15.4 Å². The van der Waals surface area contributed by atoms with Crippen LogP contribution >= 0.6 is 0 Å². The number of sulfonamides is 1. The lowest BCUT2D eigenvalue weighted by atomic mass is 10.1. The van der Waals surface area contributed by atoms with E-state index in [9.17, 15) is 31.2 Å². The van der Waals surface area contributed by atoms with Gasteiger partial charge in [0, 0.05) is 23.0 Å². The lowest BCUT2D eigenvalue weighted by Crippen LogP contribution is -2.41. The van der Waals surface area contributed by atoms with Gasteiger partial charge in [0.2, 0.25) is 10.0 Å². The largest absolute Gasteiger partial charge is 0.450 e. The lowest BCUT2D eigenvalue weighted by molar-refractivity contribution is 0.102. The molecule has 2 amide bonds. The molecule has 2 aromatic carbocycles. The van der Waals surface area contributed by atoms with Crippen molar-refractivity contribution in [1.29, 1.82) is 0 Å². The molecule has 12 heteroatoms. The minimum absolute atomic E-state index is 0.00242. The minimum atomic E-state index is -3.90. The van der Waals surface area contributed by atoms with Crippen molar-refractivity contribution in [1.82, 2.24) is 5.32 Å². The number of halogens is 3. The number of hydrogen-bond donors (Lipinski definition) is 3. The first kappa shape index (κ1) is 26.0. The SMILES string of the molecule is CC(C)(C)NC(=O)OCCCS(=O)(=O)Nc1ccc(F)c(C(=O)Nc2ccc(F)c(F)c2)c1. The van der Waals surface area contributed by atoms with Gasteiger partial charge in [-0.25, -0.2) is 26.4 Å². The van der Waals surface area contributed by atoms with Gasteiger partial charge in [0.15, 0.2) is 11.6 Å². The molecule has 0 saturated carbocycles. The van der Waals surface area contributed by atoms with Gasteiger partial charge in [0.1, 0.15) is 5.82 Å². The molecule has 2 aromatic rings. The van der Waals surface area contributed by atoms with E-state index in [1.54, 1.807) is 20.8 Å². The molecule has 0 spiro atoms. The van der Waals surface area contributed by atoms with Crippen molar-refractivity contribution in [2.75, 3.05) is 22.4 Å². The second-order valence-electron chi connectivity index (χ2n) is 8.06. The van der Waals surface area contributed by atoms with E-state index in [-0.39, 0.29) is 24.4 Å². The second kappa shape index (κ2) is 10.6. The molecule has 0 aliphatic rings. The standard InChI is InChI=1S/C21H24F3N3O5S/c1-21(2,3)26-20(29)32-9-4-10-33(30,31)27-14-6-7-16(22)15(11-14)19(28)25-13-5-8-17(23)18(24)12-13/h5-8,11-12,27H,4,9-10H2,1-3H3,(H,25,28)(H,26,29). The zero-order valence-electron chi connectivity index (χ0n) is 18.2. The normalized spacial score (nSPS) is 11.6. The fourth-order valence-corrected chi connectivity index (χ4v) is 3.61.